The normalized spacial score (nSPS) is 14.8. The summed E-state index contributed by atoms with van der Waals surface area (Å²) in [5, 5.41) is 25.8. The van der Waals surface area contributed by atoms with Gasteiger partial charge in [0.2, 0.25) is 0 Å². The Morgan fingerprint density at radius 2 is 2.00 bits per heavy atom. The Morgan fingerprint density at radius 3 is 2.62 bits per heavy atom. The van der Waals surface area contributed by atoms with Crippen molar-refractivity contribution in [2.75, 3.05) is 10.6 Å². The number of amides is 2. The largest absolute Gasteiger partial charge is 0.465 e. The summed E-state index contributed by atoms with van der Waals surface area (Å²) >= 11 is 0. The van der Waals surface area contributed by atoms with E-state index >= 15 is 0 Å². The minimum Gasteiger partial charge on any atom is -0.465 e. The fourth-order valence-electron chi connectivity index (χ4n) is 3.63. The highest BCUT2D eigenvalue weighted by atomic mass is 19.1. The zero-order valence-corrected chi connectivity index (χ0v) is 18.5. The highest BCUT2D eigenvalue weighted by Crippen LogP contribution is 2.36. The quantitative estimate of drug-likeness (QED) is 0.315. The Balaban J connectivity index is 1.64. The van der Waals surface area contributed by atoms with Gasteiger partial charge in [0.25, 0.3) is 5.91 Å². The summed E-state index contributed by atoms with van der Waals surface area (Å²) in [7, 11) is 0. The number of primary amides is 1. The van der Waals surface area contributed by atoms with Crippen LogP contribution in [-0.4, -0.2) is 54.2 Å². The summed E-state index contributed by atoms with van der Waals surface area (Å²) in [6, 6.07) is 1.80. The molecule has 1 aliphatic rings. The van der Waals surface area contributed by atoms with E-state index in [1.807, 2.05) is 0 Å². The first-order valence-corrected chi connectivity index (χ1v) is 10.6. The van der Waals surface area contributed by atoms with Crippen LogP contribution in [0.4, 0.5) is 26.5 Å². The Kier molecular flexibility index (Phi) is 6.25. The summed E-state index contributed by atoms with van der Waals surface area (Å²) < 4.78 is 14.9. The maximum atomic E-state index is 14.9. The number of nitrogens with one attached hydrogen (secondary N) is 3. The van der Waals surface area contributed by atoms with Crippen LogP contribution < -0.4 is 21.7 Å². The van der Waals surface area contributed by atoms with Crippen molar-refractivity contribution in [3.63, 3.8) is 0 Å². The molecule has 2 amide bonds. The minimum absolute atomic E-state index is 0.0216. The summed E-state index contributed by atoms with van der Waals surface area (Å²) in [5.74, 6) is -1.59. The van der Waals surface area contributed by atoms with Gasteiger partial charge in [-0.25, -0.2) is 14.2 Å². The molecular weight excluding hydrogens is 445 g/mol. The zero-order chi connectivity index (χ0) is 24.4. The number of anilines is 3. The number of halogens is 1. The second kappa shape index (κ2) is 9.29. The van der Waals surface area contributed by atoms with Crippen molar-refractivity contribution in [1.82, 2.24) is 30.3 Å². The number of carbonyl (C=O) groups is 2. The van der Waals surface area contributed by atoms with Crippen molar-refractivity contribution < 1.29 is 19.1 Å². The van der Waals surface area contributed by atoms with Crippen LogP contribution in [0.2, 0.25) is 0 Å². The monoisotopic (exact) mass is 469 g/mol. The highest BCUT2D eigenvalue weighted by Gasteiger charge is 2.36. The molecule has 0 spiro atoms. The van der Waals surface area contributed by atoms with E-state index in [2.05, 4.69) is 36.1 Å². The van der Waals surface area contributed by atoms with Gasteiger partial charge in [0.15, 0.2) is 11.6 Å². The molecule has 1 saturated carbocycles. The lowest BCUT2D eigenvalue weighted by molar-refractivity contribution is 0.1000. The SMILES string of the molecule is Cc1cnn(-c2cncc(Nc3nc(N[C@H](C4CC4)[C@H](C)NC(=O)O)c(F)cc3C(N)=O)c2)n1. The van der Waals surface area contributed by atoms with E-state index < -0.39 is 23.9 Å². The van der Waals surface area contributed by atoms with Crippen molar-refractivity contribution in [2.24, 2.45) is 11.7 Å². The van der Waals surface area contributed by atoms with E-state index in [4.69, 9.17) is 10.8 Å². The highest BCUT2D eigenvalue weighted by molar-refractivity contribution is 5.98. The van der Waals surface area contributed by atoms with E-state index in [1.165, 1.54) is 11.0 Å². The summed E-state index contributed by atoms with van der Waals surface area (Å²) in [4.78, 5) is 32.9. The molecule has 0 aromatic carbocycles. The molecule has 13 heteroatoms. The predicted molar refractivity (Wildman–Crippen MR) is 121 cm³/mol. The fraction of sp³-hybridized carbons (Fsp3) is 0.333. The number of carbonyl (C=O) groups excluding carboxylic acids is 1. The molecule has 1 fully saturated rings. The molecule has 1 aliphatic carbocycles. The number of carboxylic acid groups (broad SMARTS) is 1. The van der Waals surface area contributed by atoms with Gasteiger partial charge in [-0.05, 0) is 44.7 Å². The van der Waals surface area contributed by atoms with Gasteiger partial charge >= 0.3 is 6.09 Å². The van der Waals surface area contributed by atoms with Gasteiger partial charge in [-0.1, -0.05) is 0 Å². The van der Waals surface area contributed by atoms with Crippen molar-refractivity contribution in [1.29, 1.82) is 0 Å². The lowest BCUT2D eigenvalue weighted by Crippen LogP contribution is -2.45. The summed E-state index contributed by atoms with van der Waals surface area (Å²) in [5.41, 5.74) is 7.03. The van der Waals surface area contributed by atoms with Gasteiger partial charge in [-0.3, -0.25) is 9.78 Å². The maximum Gasteiger partial charge on any atom is 0.404 e. The summed E-state index contributed by atoms with van der Waals surface area (Å²) in [6.07, 6.45) is 5.25. The Labute approximate surface area is 193 Å². The molecular formula is C21H24FN9O3. The van der Waals surface area contributed by atoms with Gasteiger partial charge in [0, 0.05) is 6.04 Å². The van der Waals surface area contributed by atoms with E-state index in [0.29, 0.717) is 11.4 Å². The van der Waals surface area contributed by atoms with E-state index in [9.17, 15) is 14.0 Å². The van der Waals surface area contributed by atoms with Gasteiger partial charge in [-0.2, -0.15) is 10.2 Å². The Hall–Kier alpha value is -4.29. The van der Waals surface area contributed by atoms with Crippen molar-refractivity contribution in [3.05, 3.63) is 47.8 Å². The van der Waals surface area contributed by atoms with E-state index in [0.717, 1.165) is 24.6 Å². The predicted octanol–water partition coefficient (Wildman–Crippen LogP) is 2.19. The molecule has 0 bridgehead atoms. The number of hydrogen-bond donors (Lipinski definition) is 5. The Morgan fingerprint density at radius 1 is 1.24 bits per heavy atom. The third-order valence-corrected chi connectivity index (χ3v) is 5.39. The lowest BCUT2D eigenvalue weighted by Gasteiger charge is -2.26. The first-order chi connectivity index (χ1) is 16.2. The number of rotatable bonds is 9. The standard InChI is InChI=1S/C21H24FN9O3/c1-10-7-25-31(30-10)14-5-13(8-24-9-14)27-19-15(18(23)32)6-16(22)20(29-19)28-17(12-3-4-12)11(2)26-21(33)34/h5-9,11-12,17,26H,3-4H2,1-2H3,(H2,23,32)(H,33,34)(H2,27,28,29)/t11-,17-/m0/s1. The minimum atomic E-state index is -1.17. The van der Waals surface area contributed by atoms with Crippen LogP contribution in [-0.2, 0) is 0 Å². The average molecular weight is 469 g/mol. The molecule has 2 atom stereocenters. The maximum absolute atomic E-state index is 14.9. The third kappa shape index (κ3) is 5.19. The molecule has 3 aromatic rings. The van der Waals surface area contributed by atoms with Crippen molar-refractivity contribution in [2.45, 2.75) is 38.8 Å². The number of aromatic nitrogens is 5. The second-order valence-electron chi connectivity index (χ2n) is 8.16. The lowest BCUT2D eigenvalue weighted by atomic mass is 10.0. The van der Waals surface area contributed by atoms with Crippen LogP contribution in [0.25, 0.3) is 5.69 Å². The van der Waals surface area contributed by atoms with Gasteiger partial charge in [-0.15, -0.1) is 4.80 Å². The Bertz CT molecular complexity index is 1230. The summed E-state index contributed by atoms with van der Waals surface area (Å²) in [6.45, 7) is 3.50. The second-order valence-corrected chi connectivity index (χ2v) is 8.16. The van der Waals surface area contributed by atoms with E-state index in [-0.39, 0.29) is 29.2 Å². The number of aryl methyl sites for hydroxylation is 1. The molecule has 3 aromatic heterocycles. The average Bonchev–Trinajstić information content (AvgIpc) is 3.52. The molecule has 0 unspecified atom stereocenters. The van der Waals surface area contributed by atoms with Crippen LogP contribution in [0.5, 0.6) is 0 Å². The molecule has 4 rings (SSSR count). The van der Waals surface area contributed by atoms with Crippen molar-refractivity contribution >= 4 is 29.3 Å². The van der Waals surface area contributed by atoms with Gasteiger partial charge < -0.3 is 26.8 Å². The van der Waals surface area contributed by atoms with Crippen LogP contribution in [0, 0.1) is 18.7 Å². The topological polar surface area (TPSA) is 173 Å². The third-order valence-electron chi connectivity index (χ3n) is 5.39. The molecule has 0 aliphatic heterocycles. The van der Waals surface area contributed by atoms with Gasteiger partial charge in [0.05, 0.1) is 41.6 Å². The van der Waals surface area contributed by atoms with E-state index in [1.54, 1.807) is 32.3 Å². The molecule has 6 N–H and O–H groups in total. The smallest absolute Gasteiger partial charge is 0.404 e. The van der Waals surface area contributed by atoms with Crippen LogP contribution in [0.1, 0.15) is 35.8 Å². The van der Waals surface area contributed by atoms with Crippen molar-refractivity contribution in [3.8, 4) is 5.69 Å². The first-order valence-electron chi connectivity index (χ1n) is 10.6. The molecule has 3 heterocycles. The molecule has 178 valence electrons. The van der Waals surface area contributed by atoms with Crippen LogP contribution in [0.3, 0.4) is 0 Å². The number of nitrogens with two attached hydrogens (primary N) is 1. The number of nitrogens with zero attached hydrogens (tertiary/aromatic N) is 5. The van der Waals surface area contributed by atoms with Crippen LogP contribution >= 0.6 is 0 Å². The number of hydrogen-bond acceptors (Lipinski definition) is 8. The number of pyridine rings is 2. The fourth-order valence-corrected chi connectivity index (χ4v) is 3.63. The molecule has 34 heavy (non-hydrogen) atoms. The zero-order valence-electron chi connectivity index (χ0n) is 18.5. The first kappa shape index (κ1) is 22.9. The molecule has 12 nitrogen and oxygen atoms in total. The van der Waals surface area contributed by atoms with Crippen LogP contribution in [0.15, 0.2) is 30.7 Å². The molecule has 0 saturated heterocycles. The molecule has 0 radical (unpaired) electrons. The van der Waals surface area contributed by atoms with Gasteiger partial charge in [0.1, 0.15) is 11.5 Å².